The van der Waals surface area contributed by atoms with Crippen molar-refractivity contribution in [2.75, 3.05) is 12.0 Å². The largest absolute Gasteiger partial charge is 0.461 e. The first kappa shape index (κ1) is 21.2. The Balaban J connectivity index is 1.22. The van der Waals surface area contributed by atoms with Crippen LogP contribution in [0.3, 0.4) is 0 Å². The lowest BCUT2D eigenvalue weighted by molar-refractivity contribution is 0.577. The number of hydrogen-bond acceptors (Lipinski definition) is 8. The second-order valence-electron chi connectivity index (χ2n) is 7.94. The van der Waals surface area contributed by atoms with Gasteiger partial charge in [-0.1, -0.05) is 36.4 Å². The number of anilines is 1. The zero-order valence-corrected chi connectivity index (χ0v) is 19.6. The van der Waals surface area contributed by atoms with E-state index in [0.29, 0.717) is 29.4 Å². The van der Waals surface area contributed by atoms with Gasteiger partial charge in [0.05, 0.1) is 29.9 Å². The van der Waals surface area contributed by atoms with Crippen LogP contribution in [0.2, 0.25) is 0 Å². The lowest BCUT2D eigenvalue weighted by atomic mass is 10.0. The molecule has 0 unspecified atom stereocenters. The number of rotatable bonds is 7. The molecule has 0 aliphatic carbocycles. The highest BCUT2D eigenvalue weighted by atomic mass is 32.2. The molecule has 0 aliphatic rings. The Bertz CT molecular complexity index is 1600. The monoisotopic (exact) mass is 483 g/mol. The van der Waals surface area contributed by atoms with Crippen LogP contribution >= 0.6 is 12.0 Å². The predicted molar refractivity (Wildman–Crippen MR) is 136 cm³/mol. The van der Waals surface area contributed by atoms with E-state index < -0.39 is 0 Å². The standard InChI is InChI=1S/C25H21N7O2S/c1-35-34-19-10-8-18(9-11-19)17-6-4-16(5-7-17)12-13-31-23-20(15-27-31)24-28-22(21-3-2-14-33-21)30-32(24)25(26)29-23/h2-11,14-15H,12-13H2,1H3,(H2,26,29). The molecule has 0 bridgehead atoms. The van der Waals surface area contributed by atoms with Crippen LogP contribution in [0, 0.1) is 0 Å². The molecule has 0 amide bonds. The summed E-state index contributed by atoms with van der Waals surface area (Å²) in [4.78, 5) is 9.15. The molecule has 6 rings (SSSR count). The number of nitrogens with zero attached hydrogens (tertiary/aromatic N) is 6. The maximum atomic E-state index is 6.19. The molecule has 6 aromatic rings. The first-order valence-corrected chi connectivity index (χ1v) is 12.2. The minimum absolute atomic E-state index is 0.248. The van der Waals surface area contributed by atoms with E-state index in [9.17, 15) is 0 Å². The fourth-order valence-corrected chi connectivity index (χ4v) is 4.33. The fraction of sp³-hybridized carbons (Fsp3) is 0.120. The molecule has 0 aliphatic heterocycles. The summed E-state index contributed by atoms with van der Waals surface area (Å²) in [6, 6.07) is 20.2. The second-order valence-corrected chi connectivity index (χ2v) is 8.44. The first-order chi connectivity index (χ1) is 17.2. The molecule has 9 nitrogen and oxygen atoms in total. The van der Waals surface area contributed by atoms with E-state index >= 15 is 0 Å². The summed E-state index contributed by atoms with van der Waals surface area (Å²) in [5.41, 5.74) is 11.0. The molecule has 10 heteroatoms. The molecule has 4 aromatic heterocycles. The summed E-state index contributed by atoms with van der Waals surface area (Å²) in [5.74, 6) is 2.12. The predicted octanol–water partition coefficient (Wildman–Crippen LogP) is 4.88. The highest BCUT2D eigenvalue weighted by Crippen LogP contribution is 2.25. The molecular formula is C25H21N7O2S. The highest BCUT2D eigenvalue weighted by molar-refractivity contribution is 7.94. The third-order valence-electron chi connectivity index (χ3n) is 5.77. The molecule has 2 N–H and O–H groups in total. The van der Waals surface area contributed by atoms with Gasteiger partial charge in [0.1, 0.15) is 5.75 Å². The topological polar surface area (TPSA) is 109 Å². The van der Waals surface area contributed by atoms with E-state index in [4.69, 9.17) is 14.3 Å². The van der Waals surface area contributed by atoms with Crippen LogP contribution in [0.15, 0.2) is 77.5 Å². The SMILES string of the molecule is CSOc1ccc(-c2ccc(CCn3ncc4c3nc(N)n3nc(-c5ccco5)nc43)cc2)cc1. The number of nitrogen functional groups attached to an aromatic ring is 1. The van der Waals surface area contributed by atoms with Crippen molar-refractivity contribution in [3.8, 4) is 28.5 Å². The van der Waals surface area contributed by atoms with Gasteiger partial charge in [-0.2, -0.15) is 14.6 Å². The molecule has 0 saturated carbocycles. The first-order valence-electron chi connectivity index (χ1n) is 11.0. The molecule has 2 aromatic carbocycles. The van der Waals surface area contributed by atoms with E-state index in [-0.39, 0.29) is 5.95 Å². The Hall–Kier alpha value is -4.31. The molecule has 174 valence electrons. The van der Waals surface area contributed by atoms with E-state index in [1.165, 1.54) is 22.1 Å². The van der Waals surface area contributed by atoms with Gasteiger partial charge in [0.25, 0.3) is 0 Å². The van der Waals surface area contributed by atoms with Gasteiger partial charge in [-0.3, -0.25) is 0 Å². The van der Waals surface area contributed by atoms with Crippen LogP contribution in [0.1, 0.15) is 5.56 Å². The van der Waals surface area contributed by atoms with E-state index in [1.54, 1.807) is 24.6 Å². The maximum absolute atomic E-state index is 6.19. The molecular weight excluding hydrogens is 462 g/mol. The van der Waals surface area contributed by atoms with Crippen LogP contribution in [-0.2, 0) is 13.0 Å². The van der Waals surface area contributed by atoms with Crippen LogP contribution in [0.5, 0.6) is 5.75 Å². The molecule has 4 heterocycles. The second kappa shape index (κ2) is 8.80. The minimum Gasteiger partial charge on any atom is -0.461 e. The Morgan fingerprint density at radius 2 is 1.74 bits per heavy atom. The van der Waals surface area contributed by atoms with Gasteiger partial charge in [0, 0.05) is 12.8 Å². The Morgan fingerprint density at radius 1 is 0.971 bits per heavy atom. The lowest BCUT2D eigenvalue weighted by Gasteiger charge is -2.07. The van der Waals surface area contributed by atoms with Gasteiger partial charge in [0.15, 0.2) is 17.1 Å². The quantitative estimate of drug-likeness (QED) is 0.320. The Labute approximate surface area is 204 Å². The van der Waals surface area contributed by atoms with E-state index in [0.717, 1.165) is 28.7 Å². The molecule has 0 spiro atoms. The molecule has 0 radical (unpaired) electrons. The van der Waals surface area contributed by atoms with Crippen molar-refractivity contribution in [1.29, 1.82) is 0 Å². The van der Waals surface area contributed by atoms with Crippen molar-refractivity contribution >= 4 is 34.7 Å². The number of fused-ring (bicyclic) bond motifs is 3. The van der Waals surface area contributed by atoms with Crippen LogP contribution < -0.4 is 9.92 Å². The third kappa shape index (κ3) is 3.97. The van der Waals surface area contributed by atoms with Crippen LogP contribution in [-0.4, -0.2) is 35.6 Å². The number of aromatic nitrogens is 6. The maximum Gasteiger partial charge on any atom is 0.225 e. The Morgan fingerprint density at radius 3 is 2.46 bits per heavy atom. The number of furan rings is 1. The van der Waals surface area contributed by atoms with E-state index in [1.807, 2.05) is 23.1 Å². The van der Waals surface area contributed by atoms with Gasteiger partial charge in [-0.15, -0.1) is 5.10 Å². The van der Waals surface area contributed by atoms with Crippen molar-refractivity contribution < 1.29 is 8.60 Å². The molecule has 35 heavy (non-hydrogen) atoms. The molecule has 0 atom stereocenters. The summed E-state index contributed by atoms with van der Waals surface area (Å²) in [5, 5.41) is 9.76. The zero-order valence-electron chi connectivity index (χ0n) is 18.8. The van der Waals surface area contributed by atoms with E-state index in [2.05, 4.69) is 56.6 Å². The van der Waals surface area contributed by atoms with Crippen LogP contribution in [0.25, 0.3) is 39.4 Å². The molecule has 0 saturated heterocycles. The summed E-state index contributed by atoms with van der Waals surface area (Å²) in [7, 11) is 0. The normalized spacial score (nSPS) is 11.5. The highest BCUT2D eigenvalue weighted by Gasteiger charge is 2.17. The number of hydrogen-bond donors (Lipinski definition) is 1. The van der Waals surface area contributed by atoms with Crippen LogP contribution in [0.4, 0.5) is 5.95 Å². The smallest absolute Gasteiger partial charge is 0.225 e. The van der Waals surface area contributed by atoms with Crippen molar-refractivity contribution in [2.24, 2.45) is 0 Å². The summed E-state index contributed by atoms with van der Waals surface area (Å²) < 4.78 is 14.2. The van der Waals surface area contributed by atoms with Crippen molar-refractivity contribution in [1.82, 2.24) is 29.4 Å². The van der Waals surface area contributed by atoms with Gasteiger partial charge in [0.2, 0.25) is 11.8 Å². The number of aryl methyl sites for hydroxylation is 2. The summed E-state index contributed by atoms with van der Waals surface area (Å²) >= 11 is 1.33. The minimum atomic E-state index is 0.248. The van der Waals surface area contributed by atoms with Crippen molar-refractivity contribution in [3.05, 3.63) is 78.7 Å². The van der Waals surface area contributed by atoms with Gasteiger partial charge >= 0.3 is 0 Å². The number of benzene rings is 2. The fourth-order valence-electron chi connectivity index (χ4n) is 4.03. The Kier molecular flexibility index (Phi) is 5.34. The van der Waals surface area contributed by atoms with Gasteiger partial charge < -0.3 is 14.3 Å². The third-order valence-corrected chi connectivity index (χ3v) is 6.13. The van der Waals surface area contributed by atoms with Gasteiger partial charge in [-0.05, 0) is 47.4 Å². The lowest BCUT2D eigenvalue weighted by Crippen LogP contribution is -2.07. The number of nitrogens with two attached hydrogens (primary N) is 1. The van der Waals surface area contributed by atoms with Crippen molar-refractivity contribution in [3.63, 3.8) is 0 Å². The molecule has 0 fully saturated rings. The summed E-state index contributed by atoms with van der Waals surface area (Å²) in [6.45, 7) is 0.658. The van der Waals surface area contributed by atoms with Gasteiger partial charge in [-0.25, -0.2) is 9.67 Å². The average molecular weight is 484 g/mol. The summed E-state index contributed by atoms with van der Waals surface area (Å²) in [6.07, 6.45) is 6.04. The van der Waals surface area contributed by atoms with Crippen molar-refractivity contribution in [2.45, 2.75) is 13.0 Å². The average Bonchev–Trinajstić information content (AvgIpc) is 3.64. The zero-order chi connectivity index (χ0) is 23.8.